The number of fused-ring (bicyclic) bond motifs is 3. The van der Waals surface area contributed by atoms with E-state index in [0.717, 1.165) is 17.5 Å². The summed E-state index contributed by atoms with van der Waals surface area (Å²) in [4.78, 5) is 25.5. The molecule has 2 aromatic carbocycles. The van der Waals surface area contributed by atoms with Gasteiger partial charge in [0.2, 0.25) is 11.7 Å². The molecule has 4 rings (SSSR count). The highest BCUT2D eigenvalue weighted by molar-refractivity contribution is 7.99. The number of nitrogens with zero attached hydrogens (tertiary/aromatic N) is 4. The van der Waals surface area contributed by atoms with Gasteiger partial charge in [0, 0.05) is 13.1 Å². The Balaban J connectivity index is 1.50. The Morgan fingerprint density at radius 1 is 1.12 bits per heavy atom. The van der Waals surface area contributed by atoms with Crippen molar-refractivity contribution in [3.63, 3.8) is 0 Å². The van der Waals surface area contributed by atoms with Crippen LogP contribution in [-0.4, -0.2) is 37.4 Å². The second-order valence-corrected chi connectivity index (χ2v) is 9.23. The molecule has 0 saturated heterocycles. The van der Waals surface area contributed by atoms with Crippen molar-refractivity contribution in [2.45, 2.75) is 38.4 Å². The van der Waals surface area contributed by atoms with E-state index in [-0.39, 0.29) is 23.0 Å². The minimum Gasteiger partial charge on any atom is -0.355 e. The number of carbonyl (C=O) groups is 1. The van der Waals surface area contributed by atoms with E-state index in [9.17, 15) is 14.0 Å². The van der Waals surface area contributed by atoms with Gasteiger partial charge >= 0.3 is 0 Å². The van der Waals surface area contributed by atoms with E-state index in [4.69, 9.17) is 0 Å². The second-order valence-electron chi connectivity index (χ2n) is 8.29. The predicted molar refractivity (Wildman–Crippen MR) is 128 cm³/mol. The van der Waals surface area contributed by atoms with Crippen LogP contribution in [0.1, 0.15) is 25.8 Å². The summed E-state index contributed by atoms with van der Waals surface area (Å²) in [5, 5.41) is 12.6. The zero-order valence-electron chi connectivity index (χ0n) is 18.6. The van der Waals surface area contributed by atoms with Crippen LogP contribution in [0.2, 0.25) is 0 Å². The van der Waals surface area contributed by atoms with Gasteiger partial charge in [0.05, 0.1) is 16.7 Å². The van der Waals surface area contributed by atoms with E-state index in [1.54, 1.807) is 22.8 Å². The molecule has 1 N–H and O–H groups in total. The van der Waals surface area contributed by atoms with Crippen LogP contribution in [0.15, 0.2) is 58.5 Å². The highest BCUT2D eigenvalue weighted by Crippen LogP contribution is 2.22. The number of benzene rings is 2. The molecular weight excluding hydrogens is 441 g/mol. The number of aryl methyl sites for hydroxylation is 1. The van der Waals surface area contributed by atoms with Crippen LogP contribution in [0, 0.1) is 11.7 Å². The average Bonchev–Trinajstić information content (AvgIpc) is 3.23. The number of nitrogens with one attached hydrogen (secondary N) is 1. The molecule has 0 aliphatic heterocycles. The summed E-state index contributed by atoms with van der Waals surface area (Å²) in [6, 6.07) is 13.6. The van der Waals surface area contributed by atoms with Gasteiger partial charge in [-0.2, -0.15) is 0 Å². The maximum Gasteiger partial charge on any atom is 0.262 e. The molecule has 172 valence electrons. The van der Waals surface area contributed by atoms with E-state index < -0.39 is 0 Å². The number of hydrogen-bond acceptors (Lipinski definition) is 5. The summed E-state index contributed by atoms with van der Waals surface area (Å²) < 4.78 is 16.5. The van der Waals surface area contributed by atoms with Crippen LogP contribution in [-0.2, 0) is 17.8 Å². The zero-order chi connectivity index (χ0) is 23.4. The van der Waals surface area contributed by atoms with Crippen molar-refractivity contribution in [2.75, 3.05) is 12.3 Å². The van der Waals surface area contributed by atoms with Crippen LogP contribution >= 0.6 is 11.8 Å². The number of hydrogen-bond donors (Lipinski definition) is 1. The Labute approximate surface area is 195 Å². The molecule has 0 bridgehead atoms. The quantitative estimate of drug-likeness (QED) is 0.380. The molecule has 0 atom stereocenters. The number of thioether (sulfide) groups is 1. The van der Waals surface area contributed by atoms with E-state index in [1.165, 1.54) is 23.9 Å². The smallest absolute Gasteiger partial charge is 0.262 e. The van der Waals surface area contributed by atoms with Crippen LogP contribution < -0.4 is 10.9 Å². The van der Waals surface area contributed by atoms with Gasteiger partial charge in [-0.25, -0.2) is 4.39 Å². The van der Waals surface area contributed by atoms with Crippen molar-refractivity contribution >= 4 is 34.3 Å². The average molecular weight is 468 g/mol. The van der Waals surface area contributed by atoms with Gasteiger partial charge in [0.1, 0.15) is 5.82 Å². The van der Waals surface area contributed by atoms with Gasteiger partial charge in [-0.15, -0.1) is 10.2 Å². The van der Waals surface area contributed by atoms with Gasteiger partial charge in [-0.05, 0) is 48.6 Å². The molecule has 2 aromatic heterocycles. The number of amides is 1. The van der Waals surface area contributed by atoms with Gasteiger partial charge < -0.3 is 5.32 Å². The first-order chi connectivity index (χ1) is 15.9. The Kier molecular flexibility index (Phi) is 7.08. The Bertz CT molecular complexity index is 1330. The number of rotatable bonds is 9. The van der Waals surface area contributed by atoms with Crippen LogP contribution in [0.4, 0.5) is 4.39 Å². The third kappa shape index (κ3) is 5.24. The van der Waals surface area contributed by atoms with Crippen molar-refractivity contribution in [3.8, 4) is 0 Å². The van der Waals surface area contributed by atoms with E-state index in [1.807, 2.05) is 22.6 Å². The van der Waals surface area contributed by atoms with Crippen molar-refractivity contribution in [1.29, 1.82) is 0 Å². The molecule has 0 saturated carbocycles. The molecule has 1 amide bonds. The topological polar surface area (TPSA) is 81.3 Å². The maximum atomic E-state index is 13.1. The Morgan fingerprint density at radius 3 is 2.64 bits per heavy atom. The maximum absolute atomic E-state index is 13.1. The normalized spacial score (nSPS) is 11.5. The third-order valence-electron chi connectivity index (χ3n) is 5.39. The minimum absolute atomic E-state index is 0.0822. The SMILES string of the molecule is CC(C)CCn1c(=O)c2ccccc2n2c(SCC(=O)NCCc3ccc(F)cc3)nnc12. The molecule has 0 aliphatic rings. The number of carbonyl (C=O) groups excluding carboxylic acids is 1. The lowest BCUT2D eigenvalue weighted by molar-refractivity contribution is -0.118. The van der Waals surface area contributed by atoms with Crippen molar-refractivity contribution in [3.05, 3.63) is 70.3 Å². The van der Waals surface area contributed by atoms with E-state index in [2.05, 4.69) is 29.4 Å². The fourth-order valence-corrected chi connectivity index (χ4v) is 4.36. The lowest BCUT2D eigenvalue weighted by Crippen LogP contribution is -2.27. The number of para-hydroxylation sites is 1. The summed E-state index contributed by atoms with van der Waals surface area (Å²) >= 11 is 1.28. The Morgan fingerprint density at radius 2 is 1.88 bits per heavy atom. The van der Waals surface area contributed by atoms with Crippen molar-refractivity contribution in [1.82, 2.24) is 24.5 Å². The van der Waals surface area contributed by atoms with Gasteiger partial charge in [0.15, 0.2) is 5.16 Å². The molecule has 0 fully saturated rings. The first kappa shape index (κ1) is 23.0. The summed E-state index contributed by atoms with van der Waals surface area (Å²) in [5.41, 5.74) is 1.60. The van der Waals surface area contributed by atoms with Crippen LogP contribution in [0.25, 0.3) is 16.7 Å². The van der Waals surface area contributed by atoms with Gasteiger partial charge in [0.25, 0.3) is 5.56 Å². The van der Waals surface area contributed by atoms with Crippen LogP contribution in [0.3, 0.4) is 0 Å². The fourth-order valence-electron chi connectivity index (χ4n) is 3.59. The first-order valence-corrected chi connectivity index (χ1v) is 11.9. The summed E-state index contributed by atoms with van der Waals surface area (Å²) in [6.45, 7) is 5.24. The largest absolute Gasteiger partial charge is 0.355 e. The van der Waals surface area contributed by atoms with Crippen molar-refractivity contribution in [2.24, 2.45) is 5.92 Å². The molecule has 0 aliphatic carbocycles. The Hall–Kier alpha value is -3.20. The monoisotopic (exact) mass is 467 g/mol. The van der Waals surface area contributed by atoms with Gasteiger partial charge in [-0.3, -0.25) is 18.6 Å². The molecule has 9 heteroatoms. The fraction of sp³-hybridized carbons (Fsp3) is 0.333. The molecule has 33 heavy (non-hydrogen) atoms. The molecule has 2 heterocycles. The van der Waals surface area contributed by atoms with Gasteiger partial charge in [-0.1, -0.05) is 49.9 Å². The predicted octanol–water partition coefficient (Wildman–Crippen LogP) is 3.68. The number of aromatic nitrogens is 4. The molecule has 0 unspecified atom stereocenters. The molecule has 0 radical (unpaired) electrons. The second kappa shape index (κ2) is 10.2. The summed E-state index contributed by atoms with van der Waals surface area (Å²) in [6.07, 6.45) is 1.47. The molecular formula is C24H26FN5O2S. The first-order valence-electron chi connectivity index (χ1n) is 10.9. The summed E-state index contributed by atoms with van der Waals surface area (Å²) in [7, 11) is 0. The molecule has 0 spiro atoms. The third-order valence-corrected chi connectivity index (χ3v) is 6.32. The lowest BCUT2D eigenvalue weighted by Gasteiger charge is -2.12. The standard InChI is InChI=1S/C24H26FN5O2S/c1-16(2)12-14-29-22(32)19-5-3-4-6-20(19)30-23(29)27-28-24(30)33-15-21(31)26-13-11-17-7-9-18(25)10-8-17/h3-10,16H,11-15H2,1-2H3,(H,26,31). The highest BCUT2D eigenvalue weighted by atomic mass is 32.2. The number of halogens is 1. The molecule has 7 nitrogen and oxygen atoms in total. The highest BCUT2D eigenvalue weighted by Gasteiger charge is 2.17. The van der Waals surface area contributed by atoms with Crippen molar-refractivity contribution < 1.29 is 9.18 Å². The van der Waals surface area contributed by atoms with E-state index >= 15 is 0 Å². The minimum atomic E-state index is -0.276. The van der Waals surface area contributed by atoms with E-state index in [0.29, 0.717) is 41.7 Å². The molecule has 4 aromatic rings. The van der Waals surface area contributed by atoms with Crippen LogP contribution in [0.5, 0.6) is 0 Å². The zero-order valence-corrected chi connectivity index (χ0v) is 19.4. The summed E-state index contributed by atoms with van der Waals surface area (Å²) in [5.74, 6) is 0.694. The lowest BCUT2D eigenvalue weighted by atomic mass is 10.1.